The second kappa shape index (κ2) is 4.71. The molecule has 3 rings (SSSR count). The van der Waals surface area contributed by atoms with Crippen LogP contribution in [0.5, 0.6) is 0 Å². The van der Waals surface area contributed by atoms with Gasteiger partial charge in [-0.3, -0.25) is 0 Å². The van der Waals surface area contributed by atoms with Crippen molar-refractivity contribution in [1.29, 1.82) is 0 Å². The van der Waals surface area contributed by atoms with Crippen molar-refractivity contribution >= 4 is 22.7 Å². The fourth-order valence-electron chi connectivity index (χ4n) is 2.33. The van der Waals surface area contributed by atoms with Crippen LogP contribution in [0.3, 0.4) is 0 Å². The van der Waals surface area contributed by atoms with Gasteiger partial charge in [-0.2, -0.15) is 0 Å². The van der Waals surface area contributed by atoms with Crippen LogP contribution < -0.4 is 0 Å². The Morgan fingerprint density at radius 2 is 1.67 bits per heavy atom. The van der Waals surface area contributed by atoms with Gasteiger partial charge in [0.1, 0.15) is 0 Å². The molecule has 3 aromatic rings. The quantitative estimate of drug-likeness (QED) is 0.555. The molecule has 0 aliphatic rings. The number of aryl methyl sites for hydroxylation is 1. The topological polar surface area (TPSA) is 0 Å². The van der Waals surface area contributed by atoms with Crippen molar-refractivity contribution < 1.29 is 0 Å². The van der Waals surface area contributed by atoms with E-state index in [1.807, 2.05) is 22.7 Å². The minimum Gasteiger partial charge on any atom is -0.143 e. The van der Waals surface area contributed by atoms with Gasteiger partial charge in [0.05, 0.1) is 0 Å². The standard InChI is InChI=1S/C16H14S2/c1-11-15(13-7-4-3-5-8-13)12(2)18-16(11)14-9-6-10-17-14/h3-10H,1-2H3. The molecule has 0 saturated heterocycles. The smallest absolute Gasteiger partial charge is 0.0480 e. The molecule has 18 heavy (non-hydrogen) atoms. The van der Waals surface area contributed by atoms with E-state index in [0.717, 1.165) is 0 Å². The van der Waals surface area contributed by atoms with Gasteiger partial charge in [-0.25, -0.2) is 0 Å². The van der Waals surface area contributed by atoms with Crippen LogP contribution in [-0.2, 0) is 0 Å². The number of hydrogen-bond donors (Lipinski definition) is 0. The van der Waals surface area contributed by atoms with Crippen LogP contribution in [-0.4, -0.2) is 0 Å². The predicted octanol–water partition coefficient (Wildman–Crippen LogP) is 5.76. The molecule has 0 aliphatic heterocycles. The van der Waals surface area contributed by atoms with Crippen LogP contribution in [0.1, 0.15) is 10.4 Å². The van der Waals surface area contributed by atoms with E-state index in [1.165, 1.54) is 31.3 Å². The number of hydrogen-bond acceptors (Lipinski definition) is 2. The average molecular weight is 270 g/mol. The molecule has 0 atom stereocenters. The van der Waals surface area contributed by atoms with Crippen molar-refractivity contribution in [2.75, 3.05) is 0 Å². The molecule has 2 aromatic heterocycles. The Balaban J connectivity index is 2.18. The zero-order valence-corrected chi connectivity index (χ0v) is 12.1. The van der Waals surface area contributed by atoms with Gasteiger partial charge in [0.15, 0.2) is 0 Å². The lowest BCUT2D eigenvalue weighted by atomic mass is 10.0. The lowest BCUT2D eigenvalue weighted by molar-refractivity contribution is 1.48. The van der Waals surface area contributed by atoms with E-state index in [0.29, 0.717) is 0 Å². The summed E-state index contributed by atoms with van der Waals surface area (Å²) in [5.74, 6) is 0. The first-order valence-electron chi connectivity index (χ1n) is 5.96. The Morgan fingerprint density at radius 3 is 2.33 bits per heavy atom. The van der Waals surface area contributed by atoms with Gasteiger partial charge in [0, 0.05) is 14.6 Å². The van der Waals surface area contributed by atoms with Crippen molar-refractivity contribution in [2.24, 2.45) is 0 Å². The maximum absolute atomic E-state index is 2.24. The van der Waals surface area contributed by atoms with E-state index in [2.05, 4.69) is 61.7 Å². The number of rotatable bonds is 2. The van der Waals surface area contributed by atoms with Crippen molar-refractivity contribution in [3.05, 3.63) is 58.3 Å². The molecule has 0 N–H and O–H groups in total. The molecular weight excluding hydrogens is 256 g/mol. The van der Waals surface area contributed by atoms with E-state index in [4.69, 9.17) is 0 Å². The maximum Gasteiger partial charge on any atom is 0.0480 e. The highest BCUT2D eigenvalue weighted by Gasteiger charge is 2.15. The van der Waals surface area contributed by atoms with Gasteiger partial charge in [-0.1, -0.05) is 36.4 Å². The third kappa shape index (κ3) is 1.92. The molecule has 0 bridgehead atoms. The summed E-state index contributed by atoms with van der Waals surface area (Å²) in [5.41, 5.74) is 4.14. The molecule has 0 unspecified atom stereocenters. The van der Waals surface area contributed by atoms with E-state index in [-0.39, 0.29) is 0 Å². The van der Waals surface area contributed by atoms with E-state index in [9.17, 15) is 0 Å². The molecule has 2 heteroatoms. The molecule has 90 valence electrons. The molecular formula is C16H14S2. The summed E-state index contributed by atoms with van der Waals surface area (Å²) >= 11 is 3.72. The van der Waals surface area contributed by atoms with Crippen LogP contribution in [0.25, 0.3) is 20.9 Å². The van der Waals surface area contributed by atoms with Crippen LogP contribution in [0.4, 0.5) is 0 Å². The minimum atomic E-state index is 1.33. The SMILES string of the molecule is Cc1sc(-c2cccs2)c(C)c1-c1ccccc1. The first-order chi connectivity index (χ1) is 8.77. The van der Waals surface area contributed by atoms with Gasteiger partial charge in [0.2, 0.25) is 0 Å². The summed E-state index contributed by atoms with van der Waals surface area (Å²) in [6.07, 6.45) is 0. The largest absolute Gasteiger partial charge is 0.143 e. The van der Waals surface area contributed by atoms with Gasteiger partial charge >= 0.3 is 0 Å². The highest BCUT2D eigenvalue weighted by atomic mass is 32.1. The molecule has 0 aliphatic carbocycles. The van der Waals surface area contributed by atoms with Crippen LogP contribution in [0, 0.1) is 13.8 Å². The second-order valence-corrected chi connectivity index (χ2v) is 6.50. The van der Waals surface area contributed by atoms with Crippen LogP contribution >= 0.6 is 22.7 Å². The van der Waals surface area contributed by atoms with E-state index >= 15 is 0 Å². The van der Waals surface area contributed by atoms with Crippen LogP contribution in [0.2, 0.25) is 0 Å². The Hall–Kier alpha value is -1.38. The lowest BCUT2D eigenvalue weighted by Crippen LogP contribution is -1.80. The molecule has 0 radical (unpaired) electrons. The molecule has 0 nitrogen and oxygen atoms in total. The summed E-state index contributed by atoms with van der Waals surface area (Å²) in [6, 6.07) is 15.0. The zero-order chi connectivity index (χ0) is 12.5. The first kappa shape index (κ1) is 11.7. The van der Waals surface area contributed by atoms with Gasteiger partial charge in [0.25, 0.3) is 0 Å². The third-order valence-electron chi connectivity index (χ3n) is 3.13. The first-order valence-corrected chi connectivity index (χ1v) is 7.66. The fraction of sp³-hybridized carbons (Fsp3) is 0.125. The Labute approximate surface area is 116 Å². The van der Waals surface area contributed by atoms with Crippen molar-refractivity contribution in [2.45, 2.75) is 13.8 Å². The summed E-state index contributed by atoms with van der Waals surface area (Å²) < 4.78 is 0. The molecule has 0 fully saturated rings. The summed E-state index contributed by atoms with van der Waals surface area (Å²) in [7, 11) is 0. The molecule has 0 amide bonds. The van der Waals surface area contributed by atoms with Crippen molar-refractivity contribution in [3.63, 3.8) is 0 Å². The Morgan fingerprint density at radius 1 is 0.889 bits per heavy atom. The third-order valence-corrected chi connectivity index (χ3v) is 5.39. The average Bonchev–Trinajstić information content (AvgIpc) is 2.99. The molecule has 0 saturated carbocycles. The molecule has 2 heterocycles. The number of benzene rings is 1. The number of thiophene rings is 2. The Bertz CT molecular complexity index is 646. The monoisotopic (exact) mass is 270 g/mol. The summed E-state index contributed by atoms with van der Waals surface area (Å²) in [6.45, 7) is 4.46. The molecule has 1 aromatic carbocycles. The summed E-state index contributed by atoms with van der Waals surface area (Å²) in [5, 5.41) is 2.14. The minimum absolute atomic E-state index is 1.33. The zero-order valence-electron chi connectivity index (χ0n) is 10.4. The van der Waals surface area contributed by atoms with Gasteiger partial charge in [-0.15, -0.1) is 22.7 Å². The van der Waals surface area contributed by atoms with Gasteiger partial charge < -0.3 is 0 Å². The maximum atomic E-state index is 2.24. The van der Waals surface area contributed by atoms with Crippen molar-refractivity contribution in [3.8, 4) is 20.9 Å². The second-order valence-electron chi connectivity index (χ2n) is 4.33. The molecule has 0 spiro atoms. The normalized spacial score (nSPS) is 10.8. The summed E-state index contributed by atoms with van der Waals surface area (Å²) in [4.78, 5) is 4.20. The van der Waals surface area contributed by atoms with Gasteiger partial charge in [-0.05, 0) is 42.0 Å². The lowest BCUT2D eigenvalue weighted by Gasteiger charge is -2.03. The fourth-order valence-corrected chi connectivity index (χ4v) is 4.42. The van der Waals surface area contributed by atoms with E-state index in [1.54, 1.807) is 0 Å². The Kier molecular flexibility index (Phi) is 3.06. The van der Waals surface area contributed by atoms with E-state index < -0.39 is 0 Å². The van der Waals surface area contributed by atoms with Crippen molar-refractivity contribution in [1.82, 2.24) is 0 Å². The highest BCUT2D eigenvalue weighted by Crippen LogP contribution is 2.42. The van der Waals surface area contributed by atoms with Crippen LogP contribution in [0.15, 0.2) is 47.8 Å². The predicted molar refractivity (Wildman–Crippen MR) is 82.5 cm³/mol. The highest BCUT2D eigenvalue weighted by molar-refractivity contribution is 7.21.